The monoisotopic (exact) mass is 472 g/mol. The van der Waals surface area contributed by atoms with E-state index in [2.05, 4.69) is 104 Å². The van der Waals surface area contributed by atoms with Crippen molar-refractivity contribution in [3.05, 3.63) is 91.0 Å². The molecule has 0 aromatic heterocycles. The Hall–Kier alpha value is -1.97. The van der Waals surface area contributed by atoms with Gasteiger partial charge in [-0.25, -0.2) is 0 Å². The Bertz CT molecular complexity index is 678. The lowest BCUT2D eigenvalue weighted by Crippen LogP contribution is -2.09. The van der Waals surface area contributed by atoms with Crippen LogP contribution in [0.25, 0.3) is 0 Å². The Kier molecular flexibility index (Phi) is 22.4. The third-order valence-corrected chi connectivity index (χ3v) is 6.64. The standard InChI is InChI=1S/C18H15S.C5H11OS.3C2H6/c1-4-10-16(11-5-1)19(17-12-6-2-7-13-17)18-14-8-3-9-15-18;1-5(6)4-7(2)3;3*1-2/h1-15H;4H2,1-3H3;3*1-2H3/q2*+1;;;. The SMILES string of the molecule is CC.CC.CC.CC(=O)C[S+](C)C.c1ccc([S+](c2ccccc2)c2ccccc2)cc1. The predicted molar refractivity (Wildman–Crippen MR) is 150 cm³/mol. The molecule has 0 saturated heterocycles. The van der Waals surface area contributed by atoms with Crippen LogP contribution in [0.3, 0.4) is 0 Å². The van der Waals surface area contributed by atoms with Gasteiger partial charge in [-0.1, -0.05) is 96.1 Å². The smallest absolute Gasteiger partial charge is 0.178 e. The molecule has 0 aliphatic rings. The number of hydrogen-bond acceptors (Lipinski definition) is 1. The van der Waals surface area contributed by atoms with Crippen LogP contribution in [0.5, 0.6) is 0 Å². The van der Waals surface area contributed by atoms with Crippen molar-refractivity contribution in [1.29, 1.82) is 0 Å². The summed E-state index contributed by atoms with van der Waals surface area (Å²) in [5.74, 6) is 1.05. The zero-order valence-electron chi connectivity index (χ0n) is 21.6. The molecule has 0 bridgehead atoms. The molecule has 0 amide bonds. The van der Waals surface area contributed by atoms with Crippen molar-refractivity contribution in [3.63, 3.8) is 0 Å². The van der Waals surface area contributed by atoms with Crippen LogP contribution >= 0.6 is 0 Å². The van der Waals surface area contributed by atoms with E-state index < -0.39 is 0 Å². The fraction of sp³-hybridized carbons (Fsp3) is 0.345. The number of hydrogen-bond donors (Lipinski definition) is 0. The molecule has 0 fully saturated rings. The van der Waals surface area contributed by atoms with Crippen LogP contribution in [0.4, 0.5) is 0 Å². The van der Waals surface area contributed by atoms with E-state index in [1.165, 1.54) is 14.7 Å². The summed E-state index contributed by atoms with van der Waals surface area (Å²) in [5.41, 5.74) is 0. The predicted octanol–water partition coefficient (Wildman–Crippen LogP) is 8.31. The highest BCUT2D eigenvalue weighted by Crippen LogP contribution is 2.30. The number of benzene rings is 3. The molecule has 0 atom stereocenters. The molecule has 1 nitrogen and oxygen atoms in total. The molecule has 0 radical (unpaired) electrons. The third kappa shape index (κ3) is 14.2. The molecule has 0 heterocycles. The fourth-order valence-electron chi connectivity index (χ4n) is 2.48. The quantitative estimate of drug-likeness (QED) is 0.341. The van der Waals surface area contributed by atoms with Crippen molar-refractivity contribution >= 4 is 27.6 Å². The summed E-state index contributed by atoms with van der Waals surface area (Å²) in [6, 6.07) is 32.2. The summed E-state index contributed by atoms with van der Waals surface area (Å²) in [7, 11) is 0.290. The van der Waals surface area contributed by atoms with E-state index in [1.807, 2.05) is 41.5 Å². The first kappa shape index (κ1) is 32.2. The van der Waals surface area contributed by atoms with Gasteiger partial charge in [0.15, 0.2) is 26.2 Å². The molecular formula is C29H44OS2+2. The molecule has 0 N–H and O–H groups in total. The van der Waals surface area contributed by atoms with Gasteiger partial charge >= 0.3 is 0 Å². The van der Waals surface area contributed by atoms with Crippen molar-refractivity contribution in [1.82, 2.24) is 0 Å². The van der Waals surface area contributed by atoms with Crippen molar-refractivity contribution in [2.45, 2.75) is 63.2 Å². The maximum atomic E-state index is 10.3. The van der Waals surface area contributed by atoms with Gasteiger partial charge in [-0.15, -0.1) is 0 Å². The van der Waals surface area contributed by atoms with E-state index in [4.69, 9.17) is 0 Å². The molecule has 32 heavy (non-hydrogen) atoms. The molecule has 176 valence electrons. The Morgan fingerprint density at radius 1 is 0.562 bits per heavy atom. The van der Waals surface area contributed by atoms with Crippen LogP contribution in [-0.2, 0) is 26.6 Å². The van der Waals surface area contributed by atoms with Gasteiger partial charge in [0.05, 0.1) is 23.4 Å². The van der Waals surface area contributed by atoms with Crippen LogP contribution < -0.4 is 0 Å². The molecular weight excluding hydrogens is 428 g/mol. The second-order valence-electron chi connectivity index (χ2n) is 6.08. The van der Waals surface area contributed by atoms with Gasteiger partial charge in [0.2, 0.25) is 0 Å². The van der Waals surface area contributed by atoms with Crippen LogP contribution in [0.15, 0.2) is 106 Å². The van der Waals surface area contributed by atoms with Crippen LogP contribution in [0.2, 0.25) is 0 Å². The Balaban J connectivity index is 0. The van der Waals surface area contributed by atoms with Crippen LogP contribution in [0, 0.1) is 0 Å². The highest BCUT2D eigenvalue weighted by atomic mass is 32.2. The molecule has 3 heteroatoms. The number of rotatable bonds is 5. The van der Waals surface area contributed by atoms with Crippen LogP contribution in [-0.4, -0.2) is 24.0 Å². The Labute approximate surface area is 204 Å². The van der Waals surface area contributed by atoms with Gasteiger partial charge in [0, 0.05) is 0 Å². The number of carbonyl (C=O) groups excluding carboxylic acids is 1. The first-order valence-electron chi connectivity index (χ1n) is 11.5. The average molecular weight is 473 g/mol. The van der Waals surface area contributed by atoms with Gasteiger partial charge in [-0.3, -0.25) is 4.79 Å². The van der Waals surface area contributed by atoms with Crippen molar-refractivity contribution < 1.29 is 4.79 Å². The number of Topliss-reactive ketones (excluding diaryl/α,β-unsaturated/α-hetero) is 1. The first-order chi connectivity index (χ1) is 15.6. The molecule has 0 aliphatic heterocycles. The number of carbonyl (C=O) groups is 1. The summed E-state index contributed by atoms with van der Waals surface area (Å²) in [5, 5.41) is 0. The summed E-state index contributed by atoms with van der Waals surface area (Å²) >= 11 is 0. The maximum absolute atomic E-state index is 10.3. The van der Waals surface area contributed by atoms with Crippen molar-refractivity contribution in [2.24, 2.45) is 0 Å². The van der Waals surface area contributed by atoms with Crippen LogP contribution in [0.1, 0.15) is 48.5 Å². The normalized spacial score (nSPS) is 8.97. The van der Waals surface area contributed by atoms with E-state index in [-0.39, 0.29) is 10.9 Å². The first-order valence-corrected chi connectivity index (χ1v) is 14.9. The largest absolute Gasteiger partial charge is 0.295 e. The van der Waals surface area contributed by atoms with Gasteiger partial charge < -0.3 is 0 Å². The molecule has 3 rings (SSSR count). The lowest BCUT2D eigenvalue weighted by atomic mass is 10.4. The van der Waals surface area contributed by atoms with E-state index in [0.29, 0.717) is 16.7 Å². The lowest BCUT2D eigenvalue weighted by Gasteiger charge is -2.07. The Morgan fingerprint density at radius 2 is 0.812 bits per heavy atom. The van der Waals surface area contributed by atoms with Gasteiger partial charge in [0.25, 0.3) is 0 Å². The second-order valence-corrected chi connectivity index (χ2v) is 10.4. The summed E-state index contributed by atoms with van der Waals surface area (Å²) in [6.07, 6.45) is 4.14. The fourth-order valence-corrected chi connectivity index (χ4v) is 5.40. The lowest BCUT2D eigenvalue weighted by molar-refractivity contribution is -0.114. The minimum atomic E-state index is -0.0146. The van der Waals surface area contributed by atoms with Gasteiger partial charge in [0.1, 0.15) is 0 Å². The van der Waals surface area contributed by atoms with Gasteiger partial charge in [-0.05, 0) is 54.2 Å². The molecule has 3 aromatic rings. The zero-order chi connectivity index (χ0) is 24.8. The molecule has 0 unspecified atom stereocenters. The summed E-state index contributed by atoms with van der Waals surface area (Å²) in [4.78, 5) is 14.3. The van der Waals surface area contributed by atoms with E-state index >= 15 is 0 Å². The van der Waals surface area contributed by atoms with Gasteiger partial charge in [-0.2, -0.15) is 0 Å². The third-order valence-electron chi connectivity index (χ3n) is 3.43. The topological polar surface area (TPSA) is 17.1 Å². The zero-order valence-corrected chi connectivity index (χ0v) is 23.2. The minimum Gasteiger partial charge on any atom is -0.295 e. The summed E-state index contributed by atoms with van der Waals surface area (Å²) in [6.45, 7) is 13.6. The molecule has 0 spiro atoms. The molecule has 3 aromatic carbocycles. The second kappa shape index (κ2) is 22.2. The molecule has 0 aliphatic carbocycles. The summed E-state index contributed by atoms with van der Waals surface area (Å²) < 4.78 is 0. The molecule has 0 saturated carbocycles. The van der Waals surface area contributed by atoms with Crippen molar-refractivity contribution in [2.75, 3.05) is 18.3 Å². The minimum absolute atomic E-state index is 0.0146. The number of ketones is 1. The van der Waals surface area contributed by atoms with E-state index in [9.17, 15) is 4.79 Å². The Morgan fingerprint density at radius 3 is 0.969 bits per heavy atom. The van der Waals surface area contributed by atoms with E-state index in [0.717, 1.165) is 5.75 Å². The highest BCUT2D eigenvalue weighted by Gasteiger charge is 2.27. The van der Waals surface area contributed by atoms with Crippen molar-refractivity contribution in [3.8, 4) is 0 Å². The maximum Gasteiger partial charge on any atom is 0.178 e. The van der Waals surface area contributed by atoms with E-state index in [1.54, 1.807) is 6.92 Å². The highest BCUT2D eigenvalue weighted by molar-refractivity contribution is 7.97. The average Bonchev–Trinajstić information content (AvgIpc) is 2.85.